The second-order valence-electron chi connectivity index (χ2n) is 3.80. The van der Waals surface area contributed by atoms with Crippen LogP contribution in [0.1, 0.15) is 11.1 Å². The lowest BCUT2D eigenvalue weighted by Crippen LogP contribution is -1.74. The maximum Gasteiger partial charge on any atom is 0.161 e. The summed E-state index contributed by atoms with van der Waals surface area (Å²) in [4.78, 5) is 4.56. The zero-order valence-electron chi connectivity index (χ0n) is 9.68. The van der Waals surface area contributed by atoms with E-state index < -0.39 is 0 Å². The average molecular weight is 324 g/mol. The summed E-state index contributed by atoms with van der Waals surface area (Å²) in [6.07, 6.45) is 0. The van der Waals surface area contributed by atoms with Gasteiger partial charge in [-0.05, 0) is 47.9 Å². The monoisotopic (exact) mass is 323 g/mol. The number of aryl methyl sites for hydroxylation is 1. The molecule has 19 heavy (non-hydrogen) atoms. The molecule has 0 fully saturated rings. The molecule has 0 amide bonds. The van der Waals surface area contributed by atoms with Crippen LogP contribution in [-0.4, -0.2) is 9.36 Å². The highest BCUT2D eigenvalue weighted by atomic mass is 35.5. The van der Waals surface area contributed by atoms with E-state index in [4.69, 9.17) is 16.9 Å². The normalized spacial score (nSPS) is 10.8. The third-order valence-electron chi connectivity index (χ3n) is 2.43. The molecule has 3 aromatic rings. The van der Waals surface area contributed by atoms with E-state index in [-0.39, 0.29) is 5.15 Å². The molecule has 3 rings (SSSR count). The predicted octanol–water partition coefficient (Wildman–Crippen LogP) is 4.74. The van der Waals surface area contributed by atoms with Gasteiger partial charge in [0, 0.05) is 0 Å². The first kappa shape index (κ1) is 12.9. The Morgan fingerprint density at radius 3 is 3.05 bits per heavy atom. The molecule has 0 radical (unpaired) electrons. The average Bonchev–Trinajstić information content (AvgIpc) is 2.92. The van der Waals surface area contributed by atoms with Gasteiger partial charge in [-0.2, -0.15) is 9.64 Å². The van der Waals surface area contributed by atoms with E-state index in [0.717, 1.165) is 18.8 Å². The number of nitriles is 1. The minimum atomic E-state index is 0.270. The largest absolute Gasteiger partial charge is 0.229 e. The molecule has 2 aromatic heterocycles. The lowest BCUT2D eigenvalue weighted by Gasteiger charge is -1.91. The van der Waals surface area contributed by atoms with Crippen LogP contribution in [0.3, 0.4) is 0 Å². The van der Waals surface area contributed by atoms with Crippen molar-refractivity contribution in [2.24, 2.45) is 0 Å². The third-order valence-corrected chi connectivity index (χ3v) is 5.91. The Kier molecular flexibility index (Phi) is 3.46. The van der Waals surface area contributed by atoms with Gasteiger partial charge in [-0.3, -0.25) is 0 Å². The molecule has 0 saturated heterocycles. The SMILES string of the molecule is Cc1ccc2sc(Sc3snc(Cl)c3C#N)nc2c1. The second-order valence-corrected chi connectivity index (χ2v) is 7.48. The number of hydrogen-bond acceptors (Lipinski definition) is 6. The molecular formula is C12H6ClN3S3. The van der Waals surface area contributed by atoms with Gasteiger partial charge in [0.15, 0.2) is 9.49 Å². The highest BCUT2D eigenvalue weighted by Crippen LogP contribution is 2.39. The smallest absolute Gasteiger partial charge is 0.161 e. The van der Waals surface area contributed by atoms with Crippen LogP contribution >= 0.6 is 46.2 Å². The molecule has 0 aliphatic rings. The molecule has 0 atom stereocenters. The predicted molar refractivity (Wildman–Crippen MR) is 80.3 cm³/mol. The van der Waals surface area contributed by atoms with Crippen LogP contribution in [-0.2, 0) is 0 Å². The zero-order valence-corrected chi connectivity index (χ0v) is 12.9. The van der Waals surface area contributed by atoms with Crippen molar-refractivity contribution >= 4 is 56.4 Å². The van der Waals surface area contributed by atoms with Crippen molar-refractivity contribution in [3.05, 3.63) is 34.5 Å². The third kappa shape index (κ3) is 2.47. The number of halogens is 1. The minimum Gasteiger partial charge on any atom is -0.229 e. The van der Waals surface area contributed by atoms with Gasteiger partial charge in [0.1, 0.15) is 15.8 Å². The fraction of sp³-hybridized carbons (Fsp3) is 0.0833. The fourth-order valence-corrected chi connectivity index (χ4v) is 4.96. The Morgan fingerprint density at radius 2 is 2.26 bits per heavy atom. The van der Waals surface area contributed by atoms with Gasteiger partial charge in [-0.15, -0.1) is 11.3 Å². The lowest BCUT2D eigenvalue weighted by molar-refractivity contribution is 1.29. The molecule has 0 aliphatic heterocycles. The zero-order chi connectivity index (χ0) is 13.4. The number of nitrogens with zero attached hydrogens (tertiary/aromatic N) is 3. The van der Waals surface area contributed by atoms with Gasteiger partial charge in [0.2, 0.25) is 0 Å². The molecule has 0 N–H and O–H groups in total. The number of fused-ring (bicyclic) bond motifs is 1. The summed E-state index contributed by atoms with van der Waals surface area (Å²) >= 11 is 10.1. The summed E-state index contributed by atoms with van der Waals surface area (Å²) in [6, 6.07) is 8.27. The van der Waals surface area contributed by atoms with Crippen LogP contribution in [0, 0.1) is 18.3 Å². The summed E-state index contributed by atoms with van der Waals surface area (Å²) in [5.74, 6) is 0. The van der Waals surface area contributed by atoms with Crippen LogP contribution in [0.2, 0.25) is 5.15 Å². The molecule has 0 saturated carbocycles. The highest BCUT2D eigenvalue weighted by Gasteiger charge is 2.15. The van der Waals surface area contributed by atoms with E-state index in [9.17, 15) is 0 Å². The standard InChI is InChI=1S/C12H6ClN3S3/c1-6-2-3-9-8(4-6)15-12(17-9)18-11-7(5-14)10(13)16-19-11/h2-4H,1H3. The van der Waals surface area contributed by atoms with Gasteiger partial charge in [0.05, 0.1) is 10.2 Å². The van der Waals surface area contributed by atoms with Crippen LogP contribution < -0.4 is 0 Å². The van der Waals surface area contributed by atoms with Gasteiger partial charge in [-0.1, -0.05) is 17.7 Å². The van der Waals surface area contributed by atoms with Crippen LogP contribution in [0.25, 0.3) is 10.2 Å². The van der Waals surface area contributed by atoms with E-state index in [1.165, 1.54) is 28.9 Å². The van der Waals surface area contributed by atoms with E-state index in [1.54, 1.807) is 11.3 Å². The Morgan fingerprint density at radius 1 is 1.42 bits per heavy atom. The molecule has 0 bridgehead atoms. The van der Waals surface area contributed by atoms with Crippen LogP contribution in [0.15, 0.2) is 26.7 Å². The van der Waals surface area contributed by atoms with Crippen molar-refractivity contribution in [1.29, 1.82) is 5.26 Å². The summed E-state index contributed by atoms with van der Waals surface area (Å²) in [7, 11) is 0. The van der Waals surface area contributed by atoms with E-state index in [2.05, 4.69) is 33.6 Å². The molecule has 3 nitrogen and oxygen atoms in total. The number of benzene rings is 1. The Bertz CT molecular complexity index is 800. The Balaban J connectivity index is 1.99. The maximum atomic E-state index is 9.04. The summed E-state index contributed by atoms with van der Waals surface area (Å²) < 4.78 is 6.83. The Labute approximate surface area is 127 Å². The molecule has 0 unspecified atom stereocenters. The second kappa shape index (κ2) is 5.10. The number of rotatable bonds is 2. The topological polar surface area (TPSA) is 49.6 Å². The fourth-order valence-electron chi connectivity index (χ4n) is 1.56. The maximum absolute atomic E-state index is 9.04. The Hall–Kier alpha value is -1.13. The quantitative estimate of drug-likeness (QED) is 0.683. The van der Waals surface area contributed by atoms with Crippen molar-refractivity contribution in [3.63, 3.8) is 0 Å². The van der Waals surface area contributed by atoms with Gasteiger partial charge < -0.3 is 0 Å². The lowest BCUT2D eigenvalue weighted by atomic mass is 10.2. The van der Waals surface area contributed by atoms with Crippen molar-refractivity contribution < 1.29 is 0 Å². The molecular weight excluding hydrogens is 318 g/mol. The molecule has 0 spiro atoms. The van der Waals surface area contributed by atoms with Crippen molar-refractivity contribution in [2.75, 3.05) is 0 Å². The van der Waals surface area contributed by atoms with Gasteiger partial charge in [0.25, 0.3) is 0 Å². The summed E-state index contributed by atoms with van der Waals surface area (Å²) in [5, 5.41) is 9.31. The van der Waals surface area contributed by atoms with Gasteiger partial charge in [-0.25, -0.2) is 4.98 Å². The first-order valence-electron chi connectivity index (χ1n) is 5.27. The molecule has 2 heterocycles. The van der Waals surface area contributed by atoms with Gasteiger partial charge >= 0.3 is 0 Å². The first-order chi connectivity index (χ1) is 9.17. The number of hydrogen-bond donors (Lipinski definition) is 0. The minimum absolute atomic E-state index is 0.270. The van der Waals surface area contributed by atoms with Crippen molar-refractivity contribution in [3.8, 4) is 6.07 Å². The van der Waals surface area contributed by atoms with Crippen molar-refractivity contribution in [1.82, 2.24) is 9.36 Å². The van der Waals surface area contributed by atoms with Crippen LogP contribution in [0.4, 0.5) is 0 Å². The first-order valence-corrected chi connectivity index (χ1v) is 8.06. The van der Waals surface area contributed by atoms with Crippen molar-refractivity contribution in [2.45, 2.75) is 15.5 Å². The summed E-state index contributed by atoms with van der Waals surface area (Å²) in [5.41, 5.74) is 2.61. The number of aromatic nitrogens is 2. The molecule has 7 heteroatoms. The molecule has 0 aliphatic carbocycles. The molecule has 1 aromatic carbocycles. The molecule has 94 valence electrons. The van der Waals surface area contributed by atoms with E-state index >= 15 is 0 Å². The summed E-state index contributed by atoms with van der Waals surface area (Å²) in [6.45, 7) is 2.04. The highest BCUT2D eigenvalue weighted by molar-refractivity contribution is 8.02. The van der Waals surface area contributed by atoms with E-state index in [0.29, 0.717) is 5.56 Å². The van der Waals surface area contributed by atoms with Crippen LogP contribution in [0.5, 0.6) is 0 Å². The van der Waals surface area contributed by atoms with E-state index in [1.807, 2.05) is 6.92 Å². The number of thiazole rings is 1.